The zero-order valence-corrected chi connectivity index (χ0v) is 11.5. The van der Waals surface area contributed by atoms with Gasteiger partial charge in [0.25, 0.3) is 0 Å². The highest BCUT2D eigenvalue weighted by atomic mass is 79.9. The molecule has 96 valence electrons. The number of benzene rings is 1. The van der Waals surface area contributed by atoms with Gasteiger partial charge in [0.2, 0.25) is 0 Å². The second-order valence-corrected chi connectivity index (χ2v) is 4.31. The molecular formula is C11H10BrClN2O3. The molecule has 0 radical (unpaired) electrons. The average Bonchev–Trinajstić information content (AvgIpc) is 2.68. The van der Waals surface area contributed by atoms with Crippen LogP contribution >= 0.6 is 28.3 Å². The van der Waals surface area contributed by atoms with Crippen LogP contribution in [0.5, 0.6) is 11.5 Å². The molecule has 0 saturated heterocycles. The summed E-state index contributed by atoms with van der Waals surface area (Å²) in [7, 11) is 0. The number of halogens is 2. The van der Waals surface area contributed by atoms with E-state index in [1.165, 1.54) is 24.5 Å². The van der Waals surface area contributed by atoms with Crippen molar-refractivity contribution in [2.45, 2.75) is 6.54 Å². The van der Waals surface area contributed by atoms with Crippen molar-refractivity contribution in [1.29, 1.82) is 0 Å². The smallest absolute Gasteiger partial charge is 0.182 e. The number of Topliss-reactive ketones (excluding diaryl/α,β-unsaturated/α-hetero) is 1. The van der Waals surface area contributed by atoms with Crippen molar-refractivity contribution < 1.29 is 15.0 Å². The van der Waals surface area contributed by atoms with Crippen molar-refractivity contribution in [3.8, 4) is 11.5 Å². The van der Waals surface area contributed by atoms with Crippen LogP contribution in [-0.4, -0.2) is 25.5 Å². The highest BCUT2D eigenvalue weighted by Gasteiger charge is 2.09. The van der Waals surface area contributed by atoms with Gasteiger partial charge in [0.15, 0.2) is 17.3 Å². The highest BCUT2D eigenvalue weighted by molar-refractivity contribution is 9.10. The molecule has 0 amide bonds. The lowest BCUT2D eigenvalue weighted by Gasteiger charge is -2.03. The van der Waals surface area contributed by atoms with Crippen LogP contribution in [0.15, 0.2) is 35.3 Å². The van der Waals surface area contributed by atoms with Crippen LogP contribution in [-0.2, 0) is 6.54 Å². The maximum Gasteiger partial charge on any atom is 0.182 e. The van der Waals surface area contributed by atoms with Crippen LogP contribution < -0.4 is 0 Å². The van der Waals surface area contributed by atoms with Crippen molar-refractivity contribution in [1.82, 2.24) is 9.55 Å². The lowest BCUT2D eigenvalue weighted by molar-refractivity contribution is 0.0971. The van der Waals surface area contributed by atoms with E-state index in [9.17, 15) is 9.90 Å². The molecule has 1 aromatic heterocycles. The number of aromatic hydroxyl groups is 2. The summed E-state index contributed by atoms with van der Waals surface area (Å²) >= 11 is 3.18. The number of aromatic nitrogens is 2. The van der Waals surface area contributed by atoms with E-state index in [-0.39, 0.29) is 36.2 Å². The maximum atomic E-state index is 11.8. The van der Waals surface area contributed by atoms with E-state index in [1.807, 2.05) is 0 Å². The number of nitrogens with zero attached hydrogens (tertiary/aromatic N) is 2. The molecule has 0 spiro atoms. The van der Waals surface area contributed by atoms with E-state index < -0.39 is 0 Å². The van der Waals surface area contributed by atoms with Gasteiger partial charge < -0.3 is 14.8 Å². The van der Waals surface area contributed by atoms with Gasteiger partial charge in [-0.05, 0) is 34.1 Å². The van der Waals surface area contributed by atoms with E-state index in [1.54, 1.807) is 10.8 Å². The van der Waals surface area contributed by atoms with Gasteiger partial charge in [-0.2, -0.15) is 0 Å². The molecular weight excluding hydrogens is 323 g/mol. The average molecular weight is 334 g/mol. The van der Waals surface area contributed by atoms with Crippen LogP contribution in [0.4, 0.5) is 0 Å². The Morgan fingerprint density at radius 1 is 1.33 bits per heavy atom. The number of carbonyl (C=O) groups is 1. The summed E-state index contributed by atoms with van der Waals surface area (Å²) in [5.41, 5.74) is 0.338. The Morgan fingerprint density at radius 3 is 2.61 bits per heavy atom. The Balaban J connectivity index is 0.00000162. The third kappa shape index (κ3) is 3.24. The van der Waals surface area contributed by atoms with Gasteiger partial charge in [-0.25, -0.2) is 4.98 Å². The Bertz CT molecular complexity index is 571. The first kappa shape index (κ1) is 14.5. The lowest BCUT2D eigenvalue weighted by atomic mass is 10.1. The minimum absolute atomic E-state index is 0. The molecule has 0 fully saturated rings. The minimum Gasteiger partial charge on any atom is -0.504 e. The molecule has 0 bridgehead atoms. The molecule has 7 heteroatoms. The second kappa shape index (κ2) is 5.88. The van der Waals surface area contributed by atoms with Crippen molar-refractivity contribution in [2.75, 3.05) is 0 Å². The molecule has 0 aliphatic carbocycles. The molecule has 1 heterocycles. The topological polar surface area (TPSA) is 75.4 Å². The summed E-state index contributed by atoms with van der Waals surface area (Å²) in [6, 6.07) is 3.99. The van der Waals surface area contributed by atoms with E-state index in [4.69, 9.17) is 5.11 Å². The number of hydrogen-bond acceptors (Lipinski definition) is 4. The fourth-order valence-electron chi connectivity index (χ4n) is 1.37. The highest BCUT2D eigenvalue weighted by Crippen LogP contribution is 2.25. The van der Waals surface area contributed by atoms with Gasteiger partial charge in [-0.3, -0.25) is 4.79 Å². The van der Waals surface area contributed by atoms with Crippen LogP contribution in [0, 0.1) is 0 Å². The Morgan fingerprint density at radius 2 is 2.06 bits per heavy atom. The van der Waals surface area contributed by atoms with Gasteiger partial charge in [0.05, 0.1) is 12.9 Å². The van der Waals surface area contributed by atoms with E-state index in [0.717, 1.165) is 0 Å². The summed E-state index contributed by atoms with van der Waals surface area (Å²) in [6.45, 7) is 0.128. The predicted molar refractivity (Wildman–Crippen MR) is 71.3 cm³/mol. The third-order valence-electron chi connectivity index (χ3n) is 2.23. The van der Waals surface area contributed by atoms with E-state index >= 15 is 0 Å². The third-order valence-corrected chi connectivity index (χ3v) is 2.63. The predicted octanol–water partition coefficient (Wildman–Crippen LogP) is 2.36. The SMILES string of the molecule is Cl.O=C(Cn1cnc(Br)c1)c1ccc(O)c(O)c1. The number of ketones is 1. The normalized spacial score (nSPS) is 9.83. The number of imidazole rings is 1. The monoisotopic (exact) mass is 332 g/mol. The van der Waals surface area contributed by atoms with Crippen LogP contribution in [0.1, 0.15) is 10.4 Å². The summed E-state index contributed by atoms with van der Waals surface area (Å²) in [6.07, 6.45) is 3.21. The van der Waals surface area contributed by atoms with E-state index in [0.29, 0.717) is 10.2 Å². The molecule has 2 N–H and O–H groups in total. The summed E-state index contributed by atoms with van der Waals surface area (Å²) in [4.78, 5) is 15.8. The number of phenols is 2. The quantitative estimate of drug-likeness (QED) is 0.668. The zero-order valence-electron chi connectivity index (χ0n) is 9.08. The maximum absolute atomic E-state index is 11.8. The molecule has 18 heavy (non-hydrogen) atoms. The first-order valence-electron chi connectivity index (χ1n) is 4.79. The van der Waals surface area contributed by atoms with Gasteiger partial charge >= 0.3 is 0 Å². The van der Waals surface area contributed by atoms with Crippen molar-refractivity contribution >= 4 is 34.1 Å². The molecule has 2 aromatic rings. The molecule has 0 aliphatic rings. The zero-order chi connectivity index (χ0) is 12.4. The van der Waals surface area contributed by atoms with Crippen LogP contribution in [0.2, 0.25) is 0 Å². The summed E-state index contributed by atoms with van der Waals surface area (Å²) in [5, 5.41) is 18.4. The minimum atomic E-state index is -0.303. The first-order chi connectivity index (χ1) is 8.06. The van der Waals surface area contributed by atoms with Gasteiger partial charge in [0, 0.05) is 11.8 Å². The Hall–Kier alpha value is -1.53. The number of rotatable bonds is 3. The van der Waals surface area contributed by atoms with Gasteiger partial charge in [-0.15, -0.1) is 12.4 Å². The lowest BCUT2D eigenvalue weighted by Crippen LogP contribution is -2.08. The summed E-state index contributed by atoms with van der Waals surface area (Å²) < 4.78 is 2.27. The number of carbonyl (C=O) groups excluding carboxylic acids is 1. The molecule has 0 aliphatic heterocycles. The molecule has 0 saturated carbocycles. The standard InChI is InChI=1S/C11H9BrN2O3.ClH/c12-11-5-14(6-13-11)4-10(17)7-1-2-8(15)9(16)3-7;/h1-3,5-6,15-16H,4H2;1H. The first-order valence-corrected chi connectivity index (χ1v) is 5.58. The van der Waals surface area contributed by atoms with Crippen LogP contribution in [0.3, 0.4) is 0 Å². The van der Waals surface area contributed by atoms with Crippen molar-refractivity contribution in [2.24, 2.45) is 0 Å². The second-order valence-electron chi connectivity index (χ2n) is 3.50. The summed E-state index contributed by atoms with van der Waals surface area (Å²) in [5.74, 6) is -0.722. The molecule has 2 rings (SSSR count). The van der Waals surface area contributed by atoms with Crippen LogP contribution in [0.25, 0.3) is 0 Å². The Kier molecular flexibility index (Phi) is 4.75. The van der Waals surface area contributed by atoms with Gasteiger partial charge in [0.1, 0.15) is 4.60 Å². The van der Waals surface area contributed by atoms with Crippen molar-refractivity contribution in [3.63, 3.8) is 0 Å². The largest absolute Gasteiger partial charge is 0.504 e. The fourth-order valence-corrected chi connectivity index (χ4v) is 1.73. The number of hydrogen-bond donors (Lipinski definition) is 2. The van der Waals surface area contributed by atoms with E-state index in [2.05, 4.69) is 20.9 Å². The van der Waals surface area contributed by atoms with Crippen molar-refractivity contribution in [3.05, 3.63) is 40.9 Å². The molecule has 0 atom stereocenters. The molecule has 5 nitrogen and oxygen atoms in total. The number of phenolic OH excluding ortho intramolecular Hbond substituents is 2. The molecule has 1 aromatic carbocycles. The Labute approximate surface area is 118 Å². The fraction of sp³-hybridized carbons (Fsp3) is 0.0909. The molecule has 0 unspecified atom stereocenters. The van der Waals surface area contributed by atoms with Gasteiger partial charge in [-0.1, -0.05) is 0 Å².